The molecule has 1 aliphatic heterocycles. The molecule has 2 aromatic carbocycles. The zero-order valence-electron chi connectivity index (χ0n) is 14.7. The van der Waals surface area contributed by atoms with Crippen LogP contribution in [0.25, 0.3) is 0 Å². The molecule has 0 aliphatic carbocycles. The third-order valence-electron chi connectivity index (χ3n) is 4.44. The minimum absolute atomic E-state index is 0.195. The molecular formula is C19H22N2O3S. The largest absolute Gasteiger partial charge is 0.495 e. The number of benzene rings is 2. The van der Waals surface area contributed by atoms with E-state index in [1.54, 1.807) is 12.1 Å². The maximum atomic E-state index is 13.2. The Hall–Kier alpha value is -2.34. The topological polar surface area (TPSA) is 59.0 Å². The molecule has 0 saturated carbocycles. The van der Waals surface area contributed by atoms with E-state index >= 15 is 0 Å². The third-order valence-corrected chi connectivity index (χ3v) is 6.29. The van der Waals surface area contributed by atoms with Crippen LogP contribution >= 0.6 is 0 Å². The van der Waals surface area contributed by atoms with Crippen molar-refractivity contribution in [3.05, 3.63) is 59.2 Å². The molecule has 1 heterocycles. The Morgan fingerprint density at radius 2 is 1.80 bits per heavy atom. The highest BCUT2D eigenvalue weighted by Crippen LogP contribution is 2.31. The molecule has 0 N–H and O–H groups in total. The van der Waals surface area contributed by atoms with E-state index < -0.39 is 10.0 Å². The van der Waals surface area contributed by atoms with Crippen molar-refractivity contribution >= 4 is 15.9 Å². The lowest BCUT2D eigenvalue weighted by Crippen LogP contribution is -2.35. The van der Waals surface area contributed by atoms with Gasteiger partial charge in [-0.15, -0.1) is 0 Å². The molecule has 2 aromatic rings. The van der Waals surface area contributed by atoms with E-state index in [1.807, 2.05) is 44.2 Å². The van der Waals surface area contributed by atoms with Gasteiger partial charge in [0.05, 0.1) is 20.2 Å². The van der Waals surface area contributed by atoms with Gasteiger partial charge in [-0.25, -0.2) is 8.42 Å². The lowest BCUT2D eigenvalue weighted by Gasteiger charge is -2.22. The van der Waals surface area contributed by atoms with Crippen LogP contribution in [0.2, 0.25) is 0 Å². The van der Waals surface area contributed by atoms with Gasteiger partial charge >= 0.3 is 0 Å². The second-order valence-electron chi connectivity index (χ2n) is 6.12. The summed E-state index contributed by atoms with van der Waals surface area (Å²) in [7, 11) is -2.22. The Labute approximate surface area is 149 Å². The summed E-state index contributed by atoms with van der Waals surface area (Å²) in [5.74, 6) is 0.945. The predicted molar refractivity (Wildman–Crippen MR) is 98.8 cm³/mol. The summed E-state index contributed by atoms with van der Waals surface area (Å²) in [5.41, 5.74) is 2.95. The van der Waals surface area contributed by atoms with E-state index in [0.29, 0.717) is 31.1 Å². The number of nitrogens with zero attached hydrogens (tertiary/aromatic N) is 2. The minimum Gasteiger partial charge on any atom is -0.495 e. The van der Waals surface area contributed by atoms with E-state index in [0.717, 1.165) is 16.7 Å². The molecule has 25 heavy (non-hydrogen) atoms. The zero-order valence-corrected chi connectivity index (χ0v) is 15.5. The van der Waals surface area contributed by atoms with E-state index in [2.05, 4.69) is 4.99 Å². The summed E-state index contributed by atoms with van der Waals surface area (Å²) in [6, 6.07) is 13.2. The number of aliphatic imine (C=N–C) groups is 1. The molecule has 0 unspecified atom stereocenters. The lowest BCUT2D eigenvalue weighted by atomic mass is 10.1. The number of aryl methyl sites for hydroxylation is 2. The van der Waals surface area contributed by atoms with E-state index in [-0.39, 0.29) is 4.90 Å². The van der Waals surface area contributed by atoms with Crippen molar-refractivity contribution in [2.24, 2.45) is 4.99 Å². The summed E-state index contributed by atoms with van der Waals surface area (Å²) in [6.07, 6.45) is 0.493. The number of methoxy groups -OCH3 is 1. The van der Waals surface area contributed by atoms with Gasteiger partial charge in [0.2, 0.25) is 0 Å². The molecule has 3 rings (SSSR count). The first-order valence-corrected chi connectivity index (χ1v) is 9.62. The standard InChI is InChI=1S/C19H22N2O3S/c1-14-11-17(24-3)18(12-15(14)2)25(22,23)21-10-9-20-19(21)13-16-7-5-4-6-8-16/h4-8,11-12H,9-10,13H2,1-3H3. The van der Waals surface area contributed by atoms with Crippen molar-refractivity contribution in [1.29, 1.82) is 0 Å². The van der Waals surface area contributed by atoms with Gasteiger partial charge in [0.15, 0.2) is 0 Å². The lowest BCUT2D eigenvalue weighted by molar-refractivity contribution is 0.400. The number of rotatable bonds is 5. The SMILES string of the molecule is COc1cc(C)c(C)cc1S(=O)(=O)N1CCN=C1Cc1ccccc1. The van der Waals surface area contributed by atoms with Crippen molar-refractivity contribution in [2.45, 2.75) is 25.2 Å². The fourth-order valence-corrected chi connectivity index (χ4v) is 4.58. The fourth-order valence-electron chi connectivity index (χ4n) is 2.90. The van der Waals surface area contributed by atoms with Crippen LogP contribution in [0.1, 0.15) is 16.7 Å². The van der Waals surface area contributed by atoms with Gasteiger partial charge in [0.25, 0.3) is 10.0 Å². The summed E-state index contributed by atoms with van der Waals surface area (Å²) in [4.78, 5) is 4.62. The average Bonchev–Trinajstić information content (AvgIpc) is 3.06. The number of sulfonamides is 1. The van der Waals surface area contributed by atoms with Crippen LogP contribution in [-0.4, -0.2) is 38.8 Å². The summed E-state index contributed by atoms with van der Waals surface area (Å²) < 4.78 is 33.2. The van der Waals surface area contributed by atoms with Gasteiger partial charge in [-0.1, -0.05) is 30.3 Å². The van der Waals surface area contributed by atoms with E-state index in [1.165, 1.54) is 11.4 Å². The molecule has 0 saturated heterocycles. The quantitative estimate of drug-likeness (QED) is 0.826. The number of ether oxygens (including phenoxy) is 1. The first-order chi connectivity index (χ1) is 11.9. The summed E-state index contributed by atoms with van der Waals surface area (Å²) in [5, 5.41) is 0. The van der Waals surface area contributed by atoms with Crippen LogP contribution in [0.15, 0.2) is 52.4 Å². The Kier molecular flexibility index (Phi) is 4.81. The van der Waals surface area contributed by atoms with Crippen LogP contribution in [0, 0.1) is 13.8 Å². The molecule has 0 spiro atoms. The number of hydrogen-bond acceptors (Lipinski definition) is 4. The molecule has 0 amide bonds. The highest BCUT2D eigenvalue weighted by atomic mass is 32.2. The maximum Gasteiger partial charge on any atom is 0.269 e. The van der Waals surface area contributed by atoms with Crippen molar-refractivity contribution in [2.75, 3.05) is 20.2 Å². The van der Waals surface area contributed by atoms with E-state index in [9.17, 15) is 8.42 Å². The third kappa shape index (κ3) is 3.39. The molecule has 0 bridgehead atoms. The Balaban J connectivity index is 1.97. The van der Waals surface area contributed by atoms with Gasteiger partial charge in [-0.3, -0.25) is 9.30 Å². The van der Waals surface area contributed by atoms with Gasteiger partial charge in [0.1, 0.15) is 16.5 Å². The monoisotopic (exact) mass is 358 g/mol. The van der Waals surface area contributed by atoms with E-state index in [4.69, 9.17) is 4.74 Å². The average molecular weight is 358 g/mol. The molecule has 0 atom stereocenters. The van der Waals surface area contributed by atoms with Crippen molar-refractivity contribution in [3.8, 4) is 5.75 Å². The first kappa shape index (κ1) is 17.5. The maximum absolute atomic E-state index is 13.2. The van der Waals surface area contributed by atoms with Crippen molar-refractivity contribution < 1.29 is 13.2 Å². The van der Waals surface area contributed by atoms with Crippen LogP contribution < -0.4 is 4.74 Å². The highest BCUT2D eigenvalue weighted by molar-refractivity contribution is 7.89. The van der Waals surface area contributed by atoms with Crippen molar-refractivity contribution in [3.63, 3.8) is 0 Å². The van der Waals surface area contributed by atoms with Crippen LogP contribution in [0.4, 0.5) is 0 Å². The van der Waals surface area contributed by atoms with Gasteiger partial charge < -0.3 is 4.74 Å². The summed E-state index contributed by atoms with van der Waals surface area (Å²) >= 11 is 0. The van der Waals surface area contributed by atoms with Gasteiger partial charge in [-0.05, 0) is 42.7 Å². The Morgan fingerprint density at radius 3 is 2.48 bits per heavy atom. The smallest absolute Gasteiger partial charge is 0.269 e. The molecular weight excluding hydrogens is 336 g/mol. The zero-order chi connectivity index (χ0) is 18.0. The van der Waals surface area contributed by atoms with Crippen LogP contribution in [0.3, 0.4) is 0 Å². The number of hydrogen-bond donors (Lipinski definition) is 0. The minimum atomic E-state index is -3.71. The van der Waals surface area contributed by atoms with Crippen LogP contribution in [-0.2, 0) is 16.4 Å². The second-order valence-corrected chi connectivity index (χ2v) is 7.96. The summed E-state index contributed by atoms with van der Waals surface area (Å²) in [6.45, 7) is 4.68. The molecule has 132 valence electrons. The van der Waals surface area contributed by atoms with Gasteiger partial charge in [-0.2, -0.15) is 0 Å². The number of amidine groups is 1. The van der Waals surface area contributed by atoms with Gasteiger partial charge in [0, 0.05) is 6.42 Å². The molecule has 0 radical (unpaired) electrons. The van der Waals surface area contributed by atoms with Crippen LogP contribution in [0.5, 0.6) is 5.75 Å². The normalized spacial score (nSPS) is 14.5. The molecule has 6 heteroatoms. The highest BCUT2D eigenvalue weighted by Gasteiger charge is 2.33. The molecule has 1 aliphatic rings. The Morgan fingerprint density at radius 1 is 1.12 bits per heavy atom. The van der Waals surface area contributed by atoms with Crippen molar-refractivity contribution in [1.82, 2.24) is 4.31 Å². The molecule has 5 nitrogen and oxygen atoms in total. The fraction of sp³-hybridized carbons (Fsp3) is 0.316. The second kappa shape index (κ2) is 6.88. The molecule has 0 fully saturated rings. The first-order valence-electron chi connectivity index (χ1n) is 8.18. The Bertz CT molecular complexity index is 906. The predicted octanol–water partition coefficient (Wildman–Crippen LogP) is 2.96. The molecule has 0 aromatic heterocycles.